The molecule has 0 aliphatic heterocycles. The van der Waals surface area contributed by atoms with E-state index in [2.05, 4.69) is 29.8 Å². The first-order valence-corrected chi connectivity index (χ1v) is 6.94. The summed E-state index contributed by atoms with van der Waals surface area (Å²) in [5.41, 5.74) is 0.378. The van der Waals surface area contributed by atoms with Gasteiger partial charge in [-0.15, -0.1) is 11.8 Å². The Kier molecular flexibility index (Phi) is 5.35. The fraction of sp³-hybridized carbons (Fsp3) is 0.417. The average molecular weight is 303 g/mol. The summed E-state index contributed by atoms with van der Waals surface area (Å²) in [4.78, 5) is 11.9. The lowest BCUT2D eigenvalue weighted by Crippen LogP contribution is -1.99. The van der Waals surface area contributed by atoms with Crippen molar-refractivity contribution < 1.29 is 9.90 Å². The van der Waals surface area contributed by atoms with Gasteiger partial charge in [-0.05, 0) is 36.3 Å². The van der Waals surface area contributed by atoms with Gasteiger partial charge >= 0.3 is 5.97 Å². The zero-order chi connectivity index (χ0) is 12.1. The summed E-state index contributed by atoms with van der Waals surface area (Å²) in [6.07, 6.45) is 1.10. The van der Waals surface area contributed by atoms with Gasteiger partial charge in [0.15, 0.2) is 0 Å². The van der Waals surface area contributed by atoms with Crippen LogP contribution in [0.1, 0.15) is 30.6 Å². The normalized spacial score (nSPS) is 10.8. The summed E-state index contributed by atoms with van der Waals surface area (Å²) in [5.74, 6) is 0.740. The number of halogens is 1. The van der Waals surface area contributed by atoms with Crippen molar-refractivity contribution >= 4 is 33.7 Å². The van der Waals surface area contributed by atoms with E-state index in [1.54, 1.807) is 17.8 Å². The second kappa shape index (κ2) is 6.30. The minimum atomic E-state index is -0.867. The maximum Gasteiger partial charge on any atom is 0.336 e. The molecular weight excluding hydrogens is 288 g/mol. The van der Waals surface area contributed by atoms with Gasteiger partial charge < -0.3 is 5.11 Å². The maximum absolute atomic E-state index is 11.0. The van der Waals surface area contributed by atoms with E-state index >= 15 is 0 Å². The zero-order valence-corrected chi connectivity index (χ0v) is 11.8. The fourth-order valence-corrected chi connectivity index (χ4v) is 2.84. The number of carboxylic acid groups (broad SMARTS) is 1. The van der Waals surface area contributed by atoms with Gasteiger partial charge in [-0.2, -0.15) is 0 Å². The van der Waals surface area contributed by atoms with Crippen molar-refractivity contribution in [1.82, 2.24) is 0 Å². The van der Waals surface area contributed by atoms with E-state index in [-0.39, 0.29) is 0 Å². The third-order valence-electron chi connectivity index (χ3n) is 2.12. The number of aromatic carboxylic acids is 1. The molecule has 2 nitrogen and oxygen atoms in total. The topological polar surface area (TPSA) is 37.3 Å². The third-order valence-corrected chi connectivity index (χ3v) is 3.72. The molecule has 1 aromatic rings. The van der Waals surface area contributed by atoms with Crippen molar-refractivity contribution in [1.29, 1.82) is 0 Å². The molecule has 16 heavy (non-hydrogen) atoms. The van der Waals surface area contributed by atoms with E-state index in [0.29, 0.717) is 11.5 Å². The van der Waals surface area contributed by atoms with E-state index < -0.39 is 5.97 Å². The van der Waals surface area contributed by atoms with E-state index in [1.165, 1.54) is 0 Å². The van der Waals surface area contributed by atoms with Crippen LogP contribution in [-0.4, -0.2) is 16.8 Å². The number of benzene rings is 1. The molecule has 0 unspecified atom stereocenters. The van der Waals surface area contributed by atoms with Gasteiger partial charge in [-0.1, -0.05) is 29.8 Å². The van der Waals surface area contributed by atoms with Crippen molar-refractivity contribution in [3.8, 4) is 0 Å². The fourth-order valence-electron chi connectivity index (χ4n) is 1.20. The molecule has 0 aromatic heterocycles. The van der Waals surface area contributed by atoms with Crippen LogP contribution >= 0.6 is 27.7 Å². The first-order valence-electron chi connectivity index (χ1n) is 5.16. The van der Waals surface area contributed by atoms with Crippen LogP contribution in [0.5, 0.6) is 0 Å². The predicted molar refractivity (Wildman–Crippen MR) is 71.3 cm³/mol. The SMILES string of the molecule is CC(C)CCSc1ccc(Br)cc1C(=O)O. The van der Waals surface area contributed by atoms with Crippen LogP contribution in [0.25, 0.3) is 0 Å². The number of rotatable bonds is 5. The van der Waals surface area contributed by atoms with Crippen molar-refractivity contribution in [3.63, 3.8) is 0 Å². The lowest BCUT2D eigenvalue weighted by molar-refractivity contribution is 0.0693. The van der Waals surface area contributed by atoms with Crippen molar-refractivity contribution in [2.24, 2.45) is 5.92 Å². The smallest absolute Gasteiger partial charge is 0.336 e. The molecule has 0 aliphatic rings. The summed E-state index contributed by atoms with van der Waals surface area (Å²) in [6.45, 7) is 4.33. The zero-order valence-electron chi connectivity index (χ0n) is 9.37. The highest BCUT2D eigenvalue weighted by Crippen LogP contribution is 2.27. The average Bonchev–Trinajstić information content (AvgIpc) is 2.19. The maximum atomic E-state index is 11.0. The third kappa shape index (κ3) is 4.18. The van der Waals surface area contributed by atoms with Crippen LogP contribution < -0.4 is 0 Å². The van der Waals surface area contributed by atoms with Gasteiger partial charge in [0.2, 0.25) is 0 Å². The summed E-state index contributed by atoms with van der Waals surface area (Å²) in [6, 6.07) is 5.39. The molecule has 1 rings (SSSR count). The van der Waals surface area contributed by atoms with Crippen LogP contribution in [0, 0.1) is 5.92 Å². The number of carboxylic acids is 1. The molecule has 0 heterocycles. The molecule has 0 aliphatic carbocycles. The lowest BCUT2D eigenvalue weighted by Gasteiger charge is -2.07. The summed E-state index contributed by atoms with van der Waals surface area (Å²) in [5, 5.41) is 9.06. The largest absolute Gasteiger partial charge is 0.478 e. The van der Waals surface area contributed by atoms with Crippen LogP contribution in [0.3, 0.4) is 0 Å². The Balaban J connectivity index is 2.75. The summed E-state index contributed by atoms with van der Waals surface area (Å²) in [7, 11) is 0. The predicted octanol–water partition coefficient (Wildman–Crippen LogP) is 4.29. The molecular formula is C12H15BrO2S. The van der Waals surface area contributed by atoms with Crippen molar-refractivity contribution in [3.05, 3.63) is 28.2 Å². The van der Waals surface area contributed by atoms with Crippen molar-refractivity contribution in [2.75, 3.05) is 5.75 Å². The number of hydrogen-bond acceptors (Lipinski definition) is 2. The molecule has 0 bridgehead atoms. The first kappa shape index (κ1) is 13.6. The number of carbonyl (C=O) groups is 1. The molecule has 1 N–H and O–H groups in total. The van der Waals surface area contributed by atoms with Crippen molar-refractivity contribution in [2.45, 2.75) is 25.2 Å². The van der Waals surface area contributed by atoms with E-state index in [1.807, 2.05) is 12.1 Å². The Hall–Kier alpha value is -0.480. The highest BCUT2D eigenvalue weighted by molar-refractivity contribution is 9.10. The molecule has 0 saturated carbocycles. The molecule has 0 fully saturated rings. The minimum Gasteiger partial charge on any atom is -0.478 e. The molecule has 88 valence electrons. The highest BCUT2D eigenvalue weighted by Gasteiger charge is 2.10. The van der Waals surface area contributed by atoms with E-state index in [4.69, 9.17) is 5.11 Å². The van der Waals surface area contributed by atoms with Gasteiger partial charge in [-0.25, -0.2) is 4.79 Å². The quantitative estimate of drug-likeness (QED) is 0.825. The summed E-state index contributed by atoms with van der Waals surface area (Å²) < 4.78 is 0.804. The van der Waals surface area contributed by atoms with Crippen LogP contribution in [0.4, 0.5) is 0 Å². The Labute approximate surface area is 109 Å². The number of thioether (sulfide) groups is 1. The Morgan fingerprint density at radius 2 is 2.19 bits per heavy atom. The monoisotopic (exact) mass is 302 g/mol. The van der Waals surface area contributed by atoms with Crippen LogP contribution in [-0.2, 0) is 0 Å². The Bertz CT molecular complexity index is 377. The second-order valence-corrected chi connectivity index (χ2v) is 6.03. The molecule has 0 spiro atoms. The van der Waals surface area contributed by atoms with Crippen LogP contribution in [0.2, 0.25) is 0 Å². The molecule has 0 atom stereocenters. The van der Waals surface area contributed by atoms with Gasteiger partial charge in [0.25, 0.3) is 0 Å². The van der Waals surface area contributed by atoms with Gasteiger partial charge in [0, 0.05) is 9.37 Å². The summed E-state index contributed by atoms with van der Waals surface area (Å²) >= 11 is 4.89. The van der Waals surface area contributed by atoms with Gasteiger partial charge in [0.1, 0.15) is 0 Å². The molecule has 0 radical (unpaired) electrons. The highest BCUT2D eigenvalue weighted by atomic mass is 79.9. The molecule has 1 aromatic carbocycles. The lowest BCUT2D eigenvalue weighted by atomic mass is 10.2. The number of hydrogen-bond donors (Lipinski definition) is 1. The molecule has 0 saturated heterocycles. The Morgan fingerprint density at radius 1 is 1.50 bits per heavy atom. The minimum absolute atomic E-state index is 0.378. The Morgan fingerprint density at radius 3 is 2.75 bits per heavy atom. The van der Waals surface area contributed by atoms with Crippen LogP contribution in [0.15, 0.2) is 27.6 Å². The molecule has 4 heteroatoms. The standard InChI is InChI=1S/C12H15BrO2S/c1-8(2)5-6-16-11-4-3-9(13)7-10(11)12(14)15/h3-4,7-8H,5-6H2,1-2H3,(H,14,15). The van der Waals surface area contributed by atoms with Gasteiger partial charge in [-0.3, -0.25) is 0 Å². The van der Waals surface area contributed by atoms with Gasteiger partial charge in [0.05, 0.1) is 5.56 Å². The second-order valence-electron chi connectivity index (χ2n) is 3.98. The van der Waals surface area contributed by atoms with E-state index in [9.17, 15) is 4.79 Å². The molecule has 0 amide bonds. The van der Waals surface area contributed by atoms with E-state index in [0.717, 1.165) is 21.5 Å². The first-order chi connectivity index (χ1) is 7.50.